The molecule has 1 amide bonds. The number of aliphatic carboxylic acids is 1. The lowest BCUT2D eigenvalue weighted by atomic mass is 10.0. The summed E-state index contributed by atoms with van der Waals surface area (Å²) in [5.41, 5.74) is -2.33. The zero-order chi connectivity index (χ0) is 13.6. The van der Waals surface area contributed by atoms with Crippen LogP contribution in [0.5, 0.6) is 0 Å². The van der Waals surface area contributed by atoms with Gasteiger partial charge < -0.3 is 15.2 Å². The van der Waals surface area contributed by atoms with Gasteiger partial charge in [0.2, 0.25) is 5.91 Å². The number of hydrogen-bond donors (Lipinski definition) is 2. The van der Waals surface area contributed by atoms with Gasteiger partial charge in [0, 0.05) is 12.5 Å². The fraction of sp³-hybridized carbons (Fsp3) is 0.800. The summed E-state index contributed by atoms with van der Waals surface area (Å²) in [6, 6.07) is 0. The number of alkyl halides is 3. The van der Waals surface area contributed by atoms with Crippen LogP contribution in [0.4, 0.5) is 13.2 Å². The zero-order valence-electron chi connectivity index (χ0n) is 9.29. The maximum atomic E-state index is 12.5. The van der Waals surface area contributed by atoms with Crippen molar-refractivity contribution in [2.75, 3.05) is 19.8 Å². The lowest BCUT2D eigenvalue weighted by Gasteiger charge is -2.26. The molecule has 2 aliphatic rings. The Balaban J connectivity index is 1.98. The van der Waals surface area contributed by atoms with Crippen LogP contribution >= 0.6 is 0 Å². The van der Waals surface area contributed by atoms with E-state index >= 15 is 0 Å². The molecule has 18 heavy (non-hydrogen) atoms. The first-order valence-electron chi connectivity index (χ1n) is 5.44. The third-order valence-electron chi connectivity index (χ3n) is 3.40. The second kappa shape index (κ2) is 4.11. The maximum absolute atomic E-state index is 12.5. The van der Waals surface area contributed by atoms with E-state index in [2.05, 4.69) is 5.32 Å². The van der Waals surface area contributed by atoms with Gasteiger partial charge in [0.15, 0.2) is 5.41 Å². The van der Waals surface area contributed by atoms with Crippen LogP contribution < -0.4 is 5.32 Å². The first-order valence-corrected chi connectivity index (χ1v) is 5.44. The minimum Gasteiger partial charge on any atom is -0.480 e. The summed E-state index contributed by atoms with van der Waals surface area (Å²) in [6.07, 6.45) is -5.34. The predicted molar refractivity (Wildman–Crippen MR) is 51.5 cm³/mol. The lowest BCUT2D eigenvalue weighted by molar-refractivity contribution is -0.172. The minimum atomic E-state index is -4.66. The maximum Gasteiger partial charge on any atom is 0.393 e. The summed E-state index contributed by atoms with van der Waals surface area (Å²) < 4.78 is 42.3. The summed E-state index contributed by atoms with van der Waals surface area (Å²) in [4.78, 5) is 22.6. The Morgan fingerprint density at radius 1 is 1.39 bits per heavy atom. The molecule has 0 bridgehead atoms. The van der Waals surface area contributed by atoms with Crippen molar-refractivity contribution in [3.8, 4) is 0 Å². The van der Waals surface area contributed by atoms with E-state index in [-0.39, 0.29) is 12.5 Å². The van der Waals surface area contributed by atoms with Gasteiger partial charge in [0.25, 0.3) is 0 Å². The zero-order valence-corrected chi connectivity index (χ0v) is 9.29. The number of nitrogens with one attached hydrogen (secondary N) is 1. The number of carbonyl (C=O) groups is 2. The van der Waals surface area contributed by atoms with Crippen molar-refractivity contribution in [2.45, 2.75) is 12.6 Å². The predicted octanol–water partition coefficient (Wildman–Crippen LogP) is 0.402. The molecular weight excluding hydrogens is 255 g/mol. The first-order chi connectivity index (χ1) is 8.28. The van der Waals surface area contributed by atoms with Crippen LogP contribution in [0, 0.1) is 17.3 Å². The van der Waals surface area contributed by atoms with Crippen molar-refractivity contribution in [3.63, 3.8) is 0 Å². The lowest BCUT2D eigenvalue weighted by Crippen LogP contribution is -2.45. The van der Waals surface area contributed by atoms with E-state index in [1.165, 1.54) is 0 Å². The van der Waals surface area contributed by atoms with Gasteiger partial charge in [-0.2, -0.15) is 13.2 Å². The Morgan fingerprint density at radius 3 is 2.33 bits per heavy atom. The number of halogens is 3. The second-order valence-electron chi connectivity index (χ2n) is 4.69. The third kappa shape index (κ3) is 2.05. The van der Waals surface area contributed by atoms with Crippen molar-refractivity contribution in [3.05, 3.63) is 0 Å². The highest BCUT2D eigenvalue weighted by molar-refractivity contribution is 6.05. The number of hydrogen-bond acceptors (Lipinski definition) is 3. The molecule has 1 aliphatic carbocycles. The average molecular weight is 267 g/mol. The van der Waals surface area contributed by atoms with Gasteiger partial charge in [0.05, 0.1) is 19.1 Å². The normalized spacial score (nSPS) is 31.6. The van der Waals surface area contributed by atoms with Crippen molar-refractivity contribution in [1.82, 2.24) is 5.32 Å². The fourth-order valence-corrected chi connectivity index (χ4v) is 2.04. The van der Waals surface area contributed by atoms with E-state index in [1.807, 2.05) is 0 Å². The monoisotopic (exact) mass is 267 g/mol. The molecular formula is C10H12F3NO4. The quantitative estimate of drug-likeness (QED) is 0.723. The summed E-state index contributed by atoms with van der Waals surface area (Å²) in [7, 11) is 0. The van der Waals surface area contributed by atoms with Gasteiger partial charge in [-0.25, -0.2) is 0 Å². The van der Waals surface area contributed by atoms with Crippen LogP contribution in [-0.2, 0) is 14.3 Å². The van der Waals surface area contributed by atoms with E-state index < -0.39 is 35.8 Å². The van der Waals surface area contributed by atoms with Gasteiger partial charge in [-0.3, -0.25) is 9.59 Å². The Hall–Kier alpha value is -1.31. The van der Waals surface area contributed by atoms with Crippen LogP contribution in [0.3, 0.4) is 0 Å². The molecule has 2 fully saturated rings. The molecule has 102 valence electrons. The summed E-state index contributed by atoms with van der Waals surface area (Å²) in [5, 5.41) is 11.1. The minimum absolute atomic E-state index is 0.0582. The van der Waals surface area contributed by atoms with Crippen molar-refractivity contribution in [2.24, 2.45) is 17.3 Å². The molecule has 1 aliphatic heterocycles. The van der Waals surface area contributed by atoms with Crippen molar-refractivity contribution in [1.29, 1.82) is 0 Å². The van der Waals surface area contributed by atoms with E-state index in [0.717, 1.165) is 0 Å². The molecule has 0 aromatic carbocycles. The molecule has 1 heterocycles. The molecule has 0 unspecified atom stereocenters. The van der Waals surface area contributed by atoms with Crippen molar-refractivity contribution >= 4 is 11.9 Å². The van der Waals surface area contributed by atoms with Crippen molar-refractivity contribution < 1.29 is 32.6 Å². The summed E-state index contributed by atoms with van der Waals surface area (Å²) in [5.74, 6) is -4.79. The average Bonchev–Trinajstić information content (AvgIpc) is 2.90. The molecule has 0 aromatic heterocycles. The Morgan fingerprint density at radius 2 is 2.00 bits per heavy atom. The van der Waals surface area contributed by atoms with E-state index in [1.54, 1.807) is 0 Å². The smallest absolute Gasteiger partial charge is 0.393 e. The Bertz CT molecular complexity index is 380. The third-order valence-corrected chi connectivity index (χ3v) is 3.40. The van der Waals surface area contributed by atoms with Crippen LogP contribution in [-0.4, -0.2) is 42.9 Å². The van der Waals surface area contributed by atoms with E-state index in [4.69, 9.17) is 9.84 Å². The number of rotatable bonds is 4. The Kier molecular flexibility index (Phi) is 3.00. The van der Waals surface area contributed by atoms with Crippen LogP contribution in [0.25, 0.3) is 0 Å². The molecule has 0 radical (unpaired) electrons. The van der Waals surface area contributed by atoms with Crippen LogP contribution in [0.15, 0.2) is 0 Å². The van der Waals surface area contributed by atoms with Gasteiger partial charge in [-0.05, 0) is 6.42 Å². The molecule has 0 spiro atoms. The second-order valence-corrected chi connectivity index (χ2v) is 4.69. The standard InChI is InChI=1S/C10H12F3NO4/c11-10(12,13)6-1-9(6,8(16)17)7(15)14-2-5-3-18-4-5/h5-6H,1-4H2,(H,14,15)(H,16,17)/t6-,9+/m0/s1. The number of amides is 1. The molecule has 2 rings (SSSR count). The first kappa shape index (κ1) is 13.1. The molecule has 2 atom stereocenters. The molecule has 5 nitrogen and oxygen atoms in total. The van der Waals surface area contributed by atoms with Crippen LogP contribution in [0.2, 0.25) is 0 Å². The van der Waals surface area contributed by atoms with Crippen LogP contribution in [0.1, 0.15) is 6.42 Å². The fourth-order valence-electron chi connectivity index (χ4n) is 2.04. The molecule has 1 saturated heterocycles. The SMILES string of the molecule is O=C(O)[C@]1(C(=O)NCC2COC2)C[C@@H]1C(F)(F)F. The van der Waals surface area contributed by atoms with Gasteiger partial charge in [0.1, 0.15) is 0 Å². The number of ether oxygens (including phenoxy) is 1. The topological polar surface area (TPSA) is 75.6 Å². The molecule has 1 saturated carbocycles. The van der Waals surface area contributed by atoms with Gasteiger partial charge in [-0.1, -0.05) is 0 Å². The van der Waals surface area contributed by atoms with Gasteiger partial charge in [-0.15, -0.1) is 0 Å². The number of carbonyl (C=O) groups excluding carboxylic acids is 1. The molecule has 2 N–H and O–H groups in total. The van der Waals surface area contributed by atoms with Gasteiger partial charge >= 0.3 is 12.1 Å². The highest BCUT2D eigenvalue weighted by Crippen LogP contribution is 2.60. The largest absolute Gasteiger partial charge is 0.480 e. The Labute approximate surface area is 100 Å². The summed E-state index contributed by atoms with van der Waals surface area (Å²) in [6.45, 7) is 1.02. The molecule has 0 aromatic rings. The molecule has 8 heteroatoms. The van der Waals surface area contributed by atoms with E-state index in [9.17, 15) is 22.8 Å². The highest BCUT2D eigenvalue weighted by Gasteiger charge is 2.75. The van der Waals surface area contributed by atoms with E-state index in [0.29, 0.717) is 13.2 Å². The number of carboxylic acids is 1. The number of carboxylic acid groups (broad SMARTS) is 1. The summed E-state index contributed by atoms with van der Waals surface area (Å²) >= 11 is 0. The highest BCUT2D eigenvalue weighted by atomic mass is 19.4.